The number of nitrogens with two attached hydrogens (primary N) is 1. The van der Waals surface area contributed by atoms with E-state index in [-0.39, 0.29) is 22.9 Å². The number of carbonyl (C=O) groups is 1. The van der Waals surface area contributed by atoms with Gasteiger partial charge in [-0.1, -0.05) is 71.9 Å². The van der Waals surface area contributed by atoms with Crippen molar-refractivity contribution < 1.29 is 4.79 Å². The van der Waals surface area contributed by atoms with Crippen molar-refractivity contribution in [3.63, 3.8) is 0 Å². The number of allylic oxidation sites excluding steroid dienone is 2. The lowest BCUT2D eigenvalue weighted by atomic mass is 9.84. The average Bonchev–Trinajstić information content (AvgIpc) is 2.72. The Labute approximate surface area is 172 Å². The van der Waals surface area contributed by atoms with Gasteiger partial charge in [0, 0.05) is 10.6 Å². The van der Waals surface area contributed by atoms with Gasteiger partial charge in [0.1, 0.15) is 5.82 Å². The Morgan fingerprint density at radius 1 is 1.07 bits per heavy atom. The molecule has 28 heavy (non-hydrogen) atoms. The number of ketones is 1. The molecule has 0 aromatic heterocycles. The zero-order chi connectivity index (χ0) is 20.1. The van der Waals surface area contributed by atoms with Crippen molar-refractivity contribution in [3.05, 3.63) is 92.7 Å². The van der Waals surface area contributed by atoms with Crippen molar-refractivity contribution in [2.45, 2.75) is 5.92 Å². The fourth-order valence-corrected chi connectivity index (χ4v) is 4.10. The standard InChI is InChI=1S/C21H15ClN4OS/c22-17-9-5-4-8-14(17)19-15(10-23)20(25)26-21(16(19)11-24)28-12-18(27)13-6-2-1-3-7-13/h1-9,19,26H,12,25H2. The van der Waals surface area contributed by atoms with Crippen molar-refractivity contribution in [2.75, 3.05) is 5.75 Å². The molecule has 0 amide bonds. The zero-order valence-electron chi connectivity index (χ0n) is 14.6. The predicted molar refractivity (Wildman–Crippen MR) is 110 cm³/mol. The molecule has 2 aromatic carbocycles. The minimum absolute atomic E-state index is 0.0693. The third-order valence-corrected chi connectivity index (χ3v) is 5.62. The maximum Gasteiger partial charge on any atom is 0.173 e. The Hall–Kier alpha value is -3.19. The van der Waals surface area contributed by atoms with Gasteiger partial charge in [0.05, 0.1) is 40.0 Å². The summed E-state index contributed by atoms with van der Waals surface area (Å²) in [6.07, 6.45) is 0. The van der Waals surface area contributed by atoms with Crippen LogP contribution in [0.15, 0.2) is 76.6 Å². The molecule has 1 unspecified atom stereocenters. The van der Waals surface area contributed by atoms with Gasteiger partial charge in [-0.25, -0.2) is 0 Å². The summed E-state index contributed by atoms with van der Waals surface area (Å²) in [5.41, 5.74) is 7.80. The Morgan fingerprint density at radius 3 is 2.36 bits per heavy atom. The molecule has 3 rings (SSSR count). The van der Waals surface area contributed by atoms with E-state index in [0.29, 0.717) is 26.8 Å². The second-order valence-corrected chi connectivity index (χ2v) is 7.34. The predicted octanol–water partition coefficient (Wildman–Crippen LogP) is 4.07. The van der Waals surface area contributed by atoms with E-state index in [2.05, 4.69) is 17.5 Å². The molecule has 1 aliphatic heterocycles. The molecule has 0 bridgehead atoms. The largest absolute Gasteiger partial charge is 0.384 e. The summed E-state index contributed by atoms with van der Waals surface area (Å²) in [4.78, 5) is 12.4. The molecule has 0 spiro atoms. The summed E-state index contributed by atoms with van der Waals surface area (Å²) in [6.45, 7) is 0. The lowest BCUT2D eigenvalue weighted by Gasteiger charge is -2.27. The second-order valence-electron chi connectivity index (χ2n) is 5.95. The van der Waals surface area contributed by atoms with Gasteiger partial charge in [-0.05, 0) is 11.6 Å². The number of hydrogen-bond donors (Lipinski definition) is 2. The number of hydrogen-bond acceptors (Lipinski definition) is 6. The Bertz CT molecular complexity index is 1060. The third kappa shape index (κ3) is 3.89. The number of carbonyl (C=O) groups excluding carboxylic acids is 1. The van der Waals surface area contributed by atoms with E-state index >= 15 is 0 Å². The van der Waals surface area contributed by atoms with Crippen molar-refractivity contribution in [2.24, 2.45) is 5.73 Å². The van der Waals surface area contributed by atoms with Crippen LogP contribution in [0.4, 0.5) is 0 Å². The van der Waals surface area contributed by atoms with E-state index in [1.807, 2.05) is 6.07 Å². The van der Waals surface area contributed by atoms with Gasteiger partial charge in [-0.15, -0.1) is 0 Å². The molecule has 1 atom stereocenters. The number of nitrogens with zero attached hydrogens (tertiary/aromatic N) is 2. The number of Topliss-reactive ketones (excluding diaryl/α,β-unsaturated/α-hetero) is 1. The van der Waals surface area contributed by atoms with Crippen LogP contribution >= 0.6 is 23.4 Å². The number of halogens is 1. The summed E-state index contributed by atoms with van der Waals surface area (Å²) in [7, 11) is 0. The van der Waals surface area contributed by atoms with Gasteiger partial charge in [-0.2, -0.15) is 10.5 Å². The second kappa shape index (κ2) is 8.67. The first-order valence-corrected chi connectivity index (χ1v) is 9.69. The van der Waals surface area contributed by atoms with Gasteiger partial charge in [0.15, 0.2) is 5.78 Å². The monoisotopic (exact) mass is 406 g/mol. The minimum atomic E-state index is -0.681. The number of nitrogens with one attached hydrogen (secondary N) is 1. The first kappa shape index (κ1) is 19.6. The fourth-order valence-electron chi connectivity index (χ4n) is 2.91. The molecule has 2 aromatic rings. The minimum Gasteiger partial charge on any atom is -0.384 e. The van der Waals surface area contributed by atoms with Crippen molar-refractivity contribution in [1.82, 2.24) is 5.32 Å². The van der Waals surface area contributed by atoms with Crippen LogP contribution in [-0.4, -0.2) is 11.5 Å². The number of rotatable bonds is 5. The van der Waals surface area contributed by atoms with Gasteiger partial charge in [0.2, 0.25) is 0 Å². The maximum absolute atomic E-state index is 12.4. The van der Waals surface area contributed by atoms with E-state index < -0.39 is 5.92 Å². The molecular formula is C21H15ClN4OS. The highest BCUT2D eigenvalue weighted by Crippen LogP contribution is 2.41. The first-order chi connectivity index (χ1) is 13.6. The van der Waals surface area contributed by atoms with Crippen LogP contribution in [-0.2, 0) is 0 Å². The van der Waals surface area contributed by atoms with Crippen LogP contribution in [0.2, 0.25) is 5.02 Å². The average molecular weight is 407 g/mol. The summed E-state index contributed by atoms with van der Waals surface area (Å²) in [5.74, 6) is -0.470. The van der Waals surface area contributed by atoms with Crippen molar-refractivity contribution in [1.29, 1.82) is 10.5 Å². The van der Waals surface area contributed by atoms with Crippen LogP contribution in [0.3, 0.4) is 0 Å². The van der Waals surface area contributed by atoms with Crippen LogP contribution in [0.1, 0.15) is 21.8 Å². The molecule has 0 radical (unpaired) electrons. The van der Waals surface area contributed by atoms with Gasteiger partial charge >= 0.3 is 0 Å². The normalized spacial score (nSPS) is 16.2. The van der Waals surface area contributed by atoms with Crippen LogP contribution in [0, 0.1) is 22.7 Å². The molecule has 1 aliphatic rings. The molecule has 7 heteroatoms. The summed E-state index contributed by atoms with van der Waals surface area (Å²) in [5, 5.41) is 23.2. The van der Waals surface area contributed by atoms with Gasteiger partial charge in [-0.3, -0.25) is 4.79 Å². The van der Waals surface area contributed by atoms with E-state index in [9.17, 15) is 15.3 Å². The van der Waals surface area contributed by atoms with E-state index in [0.717, 1.165) is 0 Å². The highest BCUT2D eigenvalue weighted by atomic mass is 35.5. The smallest absolute Gasteiger partial charge is 0.173 e. The topological polar surface area (TPSA) is 103 Å². The number of thioether (sulfide) groups is 1. The third-order valence-electron chi connectivity index (χ3n) is 4.26. The van der Waals surface area contributed by atoms with Crippen LogP contribution < -0.4 is 11.1 Å². The molecule has 5 nitrogen and oxygen atoms in total. The lowest BCUT2D eigenvalue weighted by Crippen LogP contribution is -2.30. The highest BCUT2D eigenvalue weighted by molar-refractivity contribution is 8.03. The number of benzene rings is 2. The maximum atomic E-state index is 12.4. The Balaban J connectivity index is 1.96. The van der Waals surface area contributed by atoms with Crippen LogP contribution in [0.5, 0.6) is 0 Å². The molecule has 0 saturated heterocycles. The van der Waals surface area contributed by atoms with E-state index in [4.69, 9.17) is 17.3 Å². The van der Waals surface area contributed by atoms with Gasteiger partial charge < -0.3 is 11.1 Å². The van der Waals surface area contributed by atoms with E-state index in [1.54, 1.807) is 48.5 Å². The van der Waals surface area contributed by atoms with Crippen LogP contribution in [0.25, 0.3) is 0 Å². The Morgan fingerprint density at radius 2 is 1.71 bits per heavy atom. The summed E-state index contributed by atoms with van der Waals surface area (Å²) >= 11 is 7.50. The molecule has 0 fully saturated rings. The number of nitriles is 2. The van der Waals surface area contributed by atoms with E-state index in [1.165, 1.54) is 11.8 Å². The lowest BCUT2D eigenvalue weighted by molar-refractivity contribution is 0.102. The molecule has 0 aliphatic carbocycles. The quantitative estimate of drug-likeness (QED) is 0.725. The molecule has 0 saturated carbocycles. The Kier molecular flexibility index (Phi) is 6.06. The highest BCUT2D eigenvalue weighted by Gasteiger charge is 2.33. The first-order valence-electron chi connectivity index (χ1n) is 8.33. The fraction of sp³-hybridized carbons (Fsp3) is 0.0952. The van der Waals surface area contributed by atoms with Gasteiger partial charge in [0.25, 0.3) is 0 Å². The summed E-state index contributed by atoms with van der Waals surface area (Å²) in [6, 6.07) is 20.2. The molecular weight excluding hydrogens is 392 g/mol. The SMILES string of the molecule is N#CC1=C(N)NC(SCC(=O)c2ccccc2)=C(C#N)C1c1ccccc1Cl. The molecule has 138 valence electrons. The summed E-state index contributed by atoms with van der Waals surface area (Å²) < 4.78 is 0. The zero-order valence-corrected chi connectivity index (χ0v) is 16.2. The van der Waals surface area contributed by atoms with Crippen molar-refractivity contribution in [3.8, 4) is 12.1 Å². The molecule has 1 heterocycles. The van der Waals surface area contributed by atoms with Crippen molar-refractivity contribution >= 4 is 29.1 Å². The number of dihydropyridines is 1. The molecule has 3 N–H and O–H groups in total.